The number of rotatable bonds is 4. The lowest BCUT2D eigenvalue weighted by atomic mass is 10.3. The molecule has 3 amide bonds. The summed E-state index contributed by atoms with van der Waals surface area (Å²) in [6, 6.07) is 14.4. The molecule has 2 aromatic carbocycles. The summed E-state index contributed by atoms with van der Waals surface area (Å²) in [5, 5.41) is 3.84. The van der Waals surface area contributed by atoms with Crippen LogP contribution in [0.3, 0.4) is 0 Å². The summed E-state index contributed by atoms with van der Waals surface area (Å²) in [6.45, 7) is 4.12. The Bertz CT molecular complexity index is 881. The quantitative estimate of drug-likeness (QED) is 0.646. The number of benzene rings is 2. The largest absolute Gasteiger partial charge is 0.340 e. The van der Waals surface area contributed by atoms with Gasteiger partial charge in [0.2, 0.25) is 5.91 Å². The van der Waals surface area contributed by atoms with Crippen molar-refractivity contribution in [3.8, 4) is 0 Å². The highest BCUT2D eigenvalue weighted by Crippen LogP contribution is 2.31. The molecule has 1 aliphatic heterocycles. The number of hydrogen-bond acceptors (Lipinski definition) is 3. The van der Waals surface area contributed by atoms with E-state index in [1.807, 2.05) is 36.1 Å². The van der Waals surface area contributed by atoms with Crippen LogP contribution in [0.15, 0.2) is 53.4 Å². The van der Waals surface area contributed by atoms with Crippen LogP contribution in [-0.2, 0) is 4.79 Å². The van der Waals surface area contributed by atoms with Crippen LogP contribution in [0.1, 0.15) is 13.3 Å². The van der Waals surface area contributed by atoms with E-state index < -0.39 is 0 Å². The van der Waals surface area contributed by atoms with Crippen LogP contribution in [-0.4, -0.2) is 53.2 Å². The van der Waals surface area contributed by atoms with Crippen LogP contribution in [0, 0.1) is 0 Å². The average molecular weight is 452 g/mol. The van der Waals surface area contributed by atoms with Gasteiger partial charge in [0.15, 0.2) is 0 Å². The number of hydrogen-bond donors (Lipinski definition) is 1. The molecule has 154 valence electrons. The van der Waals surface area contributed by atoms with Crippen molar-refractivity contribution in [3.63, 3.8) is 0 Å². The Kier molecular flexibility index (Phi) is 7.70. The van der Waals surface area contributed by atoms with E-state index >= 15 is 0 Å². The Morgan fingerprint density at radius 1 is 1.00 bits per heavy atom. The van der Waals surface area contributed by atoms with Gasteiger partial charge < -0.3 is 15.1 Å². The maximum Gasteiger partial charge on any atom is 0.321 e. The standard InChI is InChI=1S/C21H23Cl2N3O2S/c1-15(29-19-9-3-2-8-18(19)23)20(27)25-10-5-11-26(13-12-25)21(28)24-17-7-4-6-16(22)14-17/h2-4,6-9,14-15H,5,10-13H2,1H3,(H,24,28)/t15-/m0/s1. The van der Waals surface area contributed by atoms with E-state index in [-0.39, 0.29) is 17.2 Å². The number of anilines is 1. The van der Waals surface area contributed by atoms with Crippen molar-refractivity contribution in [1.82, 2.24) is 9.80 Å². The molecule has 0 aliphatic carbocycles. The van der Waals surface area contributed by atoms with E-state index in [1.54, 1.807) is 29.2 Å². The number of halogens is 2. The summed E-state index contributed by atoms with van der Waals surface area (Å²) >= 11 is 13.6. The molecule has 1 heterocycles. The van der Waals surface area contributed by atoms with Gasteiger partial charge in [-0.05, 0) is 43.7 Å². The summed E-state index contributed by atoms with van der Waals surface area (Å²) < 4.78 is 0. The monoisotopic (exact) mass is 451 g/mol. The van der Waals surface area contributed by atoms with Crippen molar-refractivity contribution in [3.05, 3.63) is 58.6 Å². The molecule has 1 atom stereocenters. The minimum Gasteiger partial charge on any atom is -0.340 e. The predicted molar refractivity (Wildman–Crippen MR) is 120 cm³/mol. The van der Waals surface area contributed by atoms with Crippen molar-refractivity contribution < 1.29 is 9.59 Å². The SMILES string of the molecule is C[C@H](Sc1ccccc1Cl)C(=O)N1CCCN(C(=O)Nc2cccc(Cl)c2)CC1. The van der Waals surface area contributed by atoms with Crippen LogP contribution in [0.5, 0.6) is 0 Å². The summed E-state index contributed by atoms with van der Waals surface area (Å²) in [7, 11) is 0. The molecule has 0 radical (unpaired) electrons. The summed E-state index contributed by atoms with van der Waals surface area (Å²) in [6.07, 6.45) is 0.734. The second-order valence-electron chi connectivity index (χ2n) is 6.80. The highest BCUT2D eigenvalue weighted by atomic mass is 35.5. The average Bonchev–Trinajstić information content (AvgIpc) is 2.95. The fourth-order valence-electron chi connectivity index (χ4n) is 3.15. The third kappa shape index (κ3) is 6.04. The van der Waals surface area contributed by atoms with Crippen molar-refractivity contribution in [2.75, 3.05) is 31.5 Å². The van der Waals surface area contributed by atoms with E-state index in [0.717, 1.165) is 11.3 Å². The number of amides is 3. The normalized spacial score (nSPS) is 15.6. The van der Waals surface area contributed by atoms with Crippen molar-refractivity contribution in [1.29, 1.82) is 0 Å². The Morgan fingerprint density at radius 3 is 2.48 bits per heavy atom. The fourth-order valence-corrected chi connectivity index (χ4v) is 4.58. The smallest absolute Gasteiger partial charge is 0.321 e. The second kappa shape index (κ2) is 10.2. The van der Waals surface area contributed by atoms with E-state index in [9.17, 15) is 9.59 Å². The molecule has 1 N–H and O–H groups in total. The minimum absolute atomic E-state index is 0.0621. The maximum atomic E-state index is 12.9. The summed E-state index contributed by atoms with van der Waals surface area (Å²) in [5.74, 6) is 0.0621. The Balaban J connectivity index is 1.55. The summed E-state index contributed by atoms with van der Waals surface area (Å²) in [4.78, 5) is 29.9. The van der Waals surface area contributed by atoms with Gasteiger partial charge in [-0.25, -0.2) is 4.79 Å². The molecule has 29 heavy (non-hydrogen) atoms. The van der Waals surface area contributed by atoms with Crippen molar-refractivity contribution >= 4 is 52.6 Å². The maximum absolute atomic E-state index is 12.9. The van der Waals surface area contributed by atoms with Gasteiger partial charge in [0.1, 0.15) is 0 Å². The number of carbonyl (C=O) groups is 2. The van der Waals surface area contributed by atoms with Gasteiger partial charge >= 0.3 is 6.03 Å². The van der Waals surface area contributed by atoms with Gasteiger partial charge in [-0.1, -0.05) is 41.4 Å². The van der Waals surface area contributed by atoms with Crippen LogP contribution in [0.2, 0.25) is 10.0 Å². The molecule has 1 fully saturated rings. The fraction of sp³-hybridized carbons (Fsp3) is 0.333. The first kappa shape index (κ1) is 21.8. The van der Waals surface area contributed by atoms with Crippen LogP contribution in [0.4, 0.5) is 10.5 Å². The third-order valence-electron chi connectivity index (χ3n) is 4.66. The van der Waals surface area contributed by atoms with Gasteiger partial charge in [0.25, 0.3) is 0 Å². The van der Waals surface area contributed by atoms with Crippen LogP contribution >= 0.6 is 35.0 Å². The first-order valence-corrected chi connectivity index (χ1v) is 11.1. The lowest BCUT2D eigenvalue weighted by Gasteiger charge is -2.25. The van der Waals surface area contributed by atoms with Gasteiger partial charge in [0, 0.05) is 41.8 Å². The number of nitrogens with zero attached hydrogens (tertiary/aromatic N) is 2. The molecule has 0 bridgehead atoms. The molecule has 0 unspecified atom stereocenters. The Morgan fingerprint density at radius 2 is 1.72 bits per heavy atom. The van der Waals surface area contributed by atoms with Crippen LogP contribution in [0.25, 0.3) is 0 Å². The van der Waals surface area contributed by atoms with E-state index in [0.29, 0.717) is 41.9 Å². The molecule has 1 aliphatic rings. The number of urea groups is 1. The molecule has 5 nitrogen and oxygen atoms in total. The summed E-state index contributed by atoms with van der Waals surface area (Å²) in [5.41, 5.74) is 0.657. The van der Waals surface area contributed by atoms with Crippen LogP contribution < -0.4 is 5.32 Å². The molecule has 0 spiro atoms. The molecule has 0 aromatic heterocycles. The van der Waals surface area contributed by atoms with Gasteiger partial charge in [-0.3, -0.25) is 4.79 Å². The molecule has 2 aromatic rings. The minimum atomic E-state index is -0.248. The molecular weight excluding hydrogens is 429 g/mol. The van der Waals surface area contributed by atoms with Crippen molar-refractivity contribution in [2.45, 2.75) is 23.5 Å². The zero-order valence-electron chi connectivity index (χ0n) is 16.1. The first-order valence-electron chi connectivity index (χ1n) is 9.45. The lowest BCUT2D eigenvalue weighted by Crippen LogP contribution is -2.41. The topological polar surface area (TPSA) is 52.7 Å². The Labute approximate surface area is 185 Å². The Hall–Kier alpha value is -1.89. The third-order valence-corrected chi connectivity index (χ3v) is 6.50. The molecule has 8 heteroatoms. The molecule has 1 saturated heterocycles. The molecule has 0 saturated carbocycles. The predicted octanol–water partition coefficient (Wildman–Crippen LogP) is 5.24. The van der Waals surface area contributed by atoms with Crippen molar-refractivity contribution in [2.24, 2.45) is 0 Å². The van der Waals surface area contributed by atoms with Gasteiger partial charge in [0.05, 0.1) is 10.3 Å². The van der Waals surface area contributed by atoms with E-state index in [1.165, 1.54) is 11.8 Å². The molecular formula is C21H23Cl2N3O2S. The zero-order chi connectivity index (χ0) is 20.8. The highest BCUT2D eigenvalue weighted by Gasteiger charge is 2.26. The number of nitrogens with one attached hydrogen (secondary N) is 1. The molecule has 3 rings (SSSR count). The van der Waals surface area contributed by atoms with Gasteiger partial charge in [-0.15, -0.1) is 11.8 Å². The number of thioether (sulfide) groups is 1. The second-order valence-corrected chi connectivity index (χ2v) is 9.02. The van der Waals surface area contributed by atoms with Gasteiger partial charge in [-0.2, -0.15) is 0 Å². The highest BCUT2D eigenvalue weighted by molar-refractivity contribution is 8.00. The van der Waals surface area contributed by atoms with E-state index in [2.05, 4.69) is 5.32 Å². The first-order chi connectivity index (χ1) is 13.9. The number of carbonyl (C=O) groups excluding carboxylic acids is 2. The zero-order valence-corrected chi connectivity index (χ0v) is 18.4. The van der Waals surface area contributed by atoms with E-state index in [4.69, 9.17) is 23.2 Å². The lowest BCUT2D eigenvalue weighted by molar-refractivity contribution is -0.130.